The van der Waals surface area contributed by atoms with Gasteiger partial charge in [0.05, 0.1) is 24.2 Å². The summed E-state index contributed by atoms with van der Waals surface area (Å²) in [5.74, 6) is -0.260. The van der Waals surface area contributed by atoms with E-state index in [4.69, 9.17) is 5.26 Å². The van der Waals surface area contributed by atoms with Crippen LogP contribution in [0, 0.1) is 11.3 Å². The van der Waals surface area contributed by atoms with Gasteiger partial charge in [0.1, 0.15) is 0 Å². The average molecular weight is 288 g/mol. The molecule has 2 amide bonds. The third-order valence-electron chi connectivity index (χ3n) is 3.21. The van der Waals surface area contributed by atoms with Gasteiger partial charge in [-0.15, -0.1) is 0 Å². The highest BCUT2D eigenvalue weighted by molar-refractivity contribution is 5.94. The predicted octanol–water partition coefficient (Wildman–Crippen LogP) is 0.905. The van der Waals surface area contributed by atoms with Crippen LogP contribution in [0.3, 0.4) is 0 Å². The summed E-state index contributed by atoms with van der Waals surface area (Å²) < 4.78 is 0. The molecule has 1 aromatic carbocycles. The number of nitrogens with one attached hydrogen (secondary N) is 1. The number of benzene rings is 1. The van der Waals surface area contributed by atoms with E-state index in [9.17, 15) is 9.59 Å². The Bertz CT molecular complexity index is 546. The van der Waals surface area contributed by atoms with E-state index in [-0.39, 0.29) is 18.4 Å². The van der Waals surface area contributed by atoms with Gasteiger partial charge in [0, 0.05) is 19.8 Å². The molecule has 0 unspecified atom stereocenters. The van der Waals surface area contributed by atoms with E-state index in [0.717, 1.165) is 0 Å². The Hall–Kier alpha value is -2.39. The molecule has 0 spiro atoms. The van der Waals surface area contributed by atoms with Crippen LogP contribution in [0.2, 0.25) is 0 Å². The van der Waals surface area contributed by atoms with Crippen LogP contribution in [0.5, 0.6) is 0 Å². The van der Waals surface area contributed by atoms with Crippen molar-refractivity contribution < 1.29 is 9.59 Å². The van der Waals surface area contributed by atoms with Gasteiger partial charge in [-0.2, -0.15) is 5.26 Å². The number of hydrogen-bond acceptors (Lipinski definition) is 4. The summed E-state index contributed by atoms with van der Waals surface area (Å²) in [5.41, 5.74) is 1.16. The molecule has 1 N–H and O–H groups in total. The van der Waals surface area contributed by atoms with Gasteiger partial charge in [0.25, 0.3) is 0 Å². The highest BCUT2D eigenvalue weighted by Gasteiger charge is 2.20. The van der Waals surface area contributed by atoms with Crippen molar-refractivity contribution in [1.82, 2.24) is 9.80 Å². The summed E-state index contributed by atoms with van der Waals surface area (Å²) in [7, 11) is 5.08. The number of likely N-dealkylation sites (N-methyl/N-ethyl adjacent to an activating group) is 2. The van der Waals surface area contributed by atoms with Crippen molar-refractivity contribution in [3.05, 3.63) is 29.8 Å². The molecule has 0 aliphatic carbocycles. The van der Waals surface area contributed by atoms with Crippen molar-refractivity contribution >= 4 is 17.5 Å². The Morgan fingerprint density at radius 1 is 1.24 bits per heavy atom. The molecule has 0 aromatic heterocycles. The zero-order chi connectivity index (χ0) is 16.0. The lowest BCUT2D eigenvalue weighted by molar-refractivity contribution is -0.131. The fourth-order valence-corrected chi connectivity index (χ4v) is 1.57. The molecule has 0 aliphatic rings. The van der Waals surface area contributed by atoms with Crippen molar-refractivity contribution in [2.45, 2.75) is 13.0 Å². The van der Waals surface area contributed by atoms with Crippen LogP contribution < -0.4 is 5.32 Å². The Morgan fingerprint density at radius 3 is 2.29 bits per heavy atom. The summed E-state index contributed by atoms with van der Waals surface area (Å²) in [4.78, 5) is 26.9. The number of nitriles is 1. The van der Waals surface area contributed by atoms with Crippen molar-refractivity contribution in [3.8, 4) is 6.07 Å². The smallest absolute Gasteiger partial charge is 0.241 e. The number of nitrogens with zero attached hydrogens (tertiary/aromatic N) is 3. The van der Waals surface area contributed by atoms with Gasteiger partial charge in [0.2, 0.25) is 11.8 Å². The zero-order valence-corrected chi connectivity index (χ0v) is 12.8. The number of carbonyl (C=O) groups is 2. The largest absolute Gasteiger partial charge is 0.348 e. The Labute approximate surface area is 125 Å². The number of rotatable bonds is 5. The molecule has 1 atom stereocenters. The van der Waals surface area contributed by atoms with E-state index in [1.54, 1.807) is 57.2 Å². The summed E-state index contributed by atoms with van der Waals surface area (Å²) in [5, 5.41) is 11.5. The van der Waals surface area contributed by atoms with Crippen LogP contribution in [0.4, 0.5) is 5.69 Å². The molecule has 6 heteroatoms. The van der Waals surface area contributed by atoms with E-state index in [1.165, 1.54) is 4.90 Å². The van der Waals surface area contributed by atoms with E-state index in [0.29, 0.717) is 11.3 Å². The molecular formula is C15H20N4O2. The van der Waals surface area contributed by atoms with Gasteiger partial charge in [-0.3, -0.25) is 14.5 Å². The topological polar surface area (TPSA) is 76.4 Å². The molecule has 0 aliphatic heterocycles. The quantitative estimate of drug-likeness (QED) is 0.873. The number of carbonyl (C=O) groups excluding carboxylic acids is 2. The lowest BCUT2D eigenvalue weighted by Crippen LogP contribution is -2.44. The lowest BCUT2D eigenvalue weighted by Gasteiger charge is -2.24. The van der Waals surface area contributed by atoms with Gasteiger partial charge < -0.3 is 10.2 Å². The fourth-order valence-electron chi connectivity index (χ4n) is 1.57. The minimum atomic E-state index is -0.440. The molecule has 0 saturated carbocycles. The van der Waals surface area contributed by atoms with Crippen molar-refractivity contribution in [1.29, 1.82) is 5.26 Å². The second kappa shape index (κ2) is 7.41. The maximum atomic E-state index is 12.1. The Kier molecular flexibility index (Phi) is 5.88. The minimum absolute atomic E-state index is 0.0597. The van der Waals surface area contributed by atoms with E-state index in [2.05, 4.69) is 5.32 Å². The third-order valence-corrected chi connectivity index (χ3v) is 3.21. The van der Waals surface area contributed by atoms with E-state index in [1.807, 2.05) is 6.07 Å². The van der Waals surface area contributed by atoms with Gasteiger partial charge in [-0.05, 0) is 38.2 Å². The summed E-state index contributed by atoms with van der Waals surface area (Å²) >= 11 is 0. The van der Waals surface area contributed by atoms with Gasteiger partial charge >= 0.3 is 0 Å². The molecule has 0 heterocycles. The highest BCUT2D eigenvalue weighted by Crippen LogP contribution is 2.10. The molecule has 0 radical (unpaired) electrons. The molecular weight excluding hydrogens is 268 g/mol. The predicted molar refractivity (Wildman–Crippen MR) is 80.6 cm³/mol. The number of amides is 2. The number of hydrogen-bond donors (Lipinski definition) is 1. The Balaban J connectivity index is 2.61. The maximum Gasteiger partial charge on any atom is 0.241 e. The van der Waals surface area contributed by atoms with Gasteiger partial charge in [-0.25, -0.2) is 0 Å². The minimum Gasteiger partial charge on any atom is -0.348 e. The normalized spacial score (nSPS) is 11.6. The monoisotopic (exact) mass is 288 g/mol. The first-order valence-corrected chi connectivity index (χ1v) is 6.56. The van der Waals surface area contributed by atoms with Crippen molar-refractivity contribution in [2.75, 3.05) is 33.0 Å². The van der Waals surface area contributed by atoms with Crippen molar-refractivity contribution in [2.24, 2.45) is 0 Å². The molecule has 0 fully saturated rings. The van der Waals surface area contributed by atoms with Crippen LogP contribution in [-0.4, -0.2) is 55.3 Å². The van der Waals surface area contributed by atoms with Crippen LogP contribution in [0.25, 0.3) is 0 Å². The summed E-state index contributed by atoms with van der Waals surface area (Å²) in [6, 6.07) is 8.20. The standard InChI is InChI=1S/C15H20N4O2/c1-11(19(4)10-14(20)18(2)3)15(21)17-13-7-5-12(9-16)6-8-13/h5-8,11H,10H2,1-4H3,(H,17,21)/t11-/m0/s1. The molecule has 112 valence electrons. The first-order valence-electron chi connectivity index (χ1n) is 6.56. The lowest BCUT2D eigenvalue weighted by atomic mass is 10.2. The molecule has 6 nitrogen and oxygen atoms in total. The highest BCUT2D eigenvalue weighted by atomic mass is 16.2. The van der Waals surface area contributed by atoms with Crippen LogP contribution in [-0.2, 0) is 9.59 Å². The molecule has 1 aromatic rings. The van der Waals surface area contributed by atoms with Crippen LogP contribution >= 0.6 is 0 Å². The second-order valence-corrected chi connectivity index (χ2v) is 5.06. The first-order chi connectivity index (χ1) is 9.85. The van der Waals surface area contributed by atoms with Crippen LogP contribution in [0.1, 0.15) is 12.5 Å². The fraction of sp³-hybridized carbons (Fsp3) is 0.400. The van der Waals surface area contributed by atoms with Gasteiger partial charge in [-0.1, -0.05) is 0 Å². The SMILES string of the molecule is C[C@@H](C(=O)Nc1ccc(C#N)cc1)N(C)CC(=O)N(C)C. The van der Waals surface area contributed by atoms with Crippen molar-refractivity contribution in [3.63, 3.8) is 0 Å². The molecule has 0 saturated heterocycles. The summed E-state index contributed by atoms with van der Waals surface area (Å²) in [6.45, 7) is 1.91. The summed E-state index contributed by atoms with van der Waals surface area (Å²) in [6.07, 6.45) is 0. The number of anilines is 1. The van der Waals surface area contributed by atoms with Gasteiger partial charge in [0.15, 0.2) is 0 Å². The second-order valence-electron chi connectivity index (χ2n) is 5.06. The molecule has 21 heavy (non-hydrogen) atoms. The van der Waals surface area contributed by atoms with Crippen LogP contribution in [0.15, 0.2) is 24.3 Å². The Morgan fingerprint density at radius 2 is 1.81 bits per heavy atom. The molecule has 1 rings (SSSR count). The third kappa shape index (κ3) is 4.89. The zero-order valence-electron chi connectivity index (χ0n) is 12.8. The van der Waals surface area contributed by atoms with E-state index >= 15 is 0 Å². The molecule has 0 bridgehead atoms. The maximum absolute atomic E-state index is 12.1. The average Bonchev–Trinajstić information content (AvgIpc) is 2.46. The first kappa shape index (κ1) is 16.7. The van der Waals surface area contributed by atoms with E-state index < -0.39 is 6.04 Å².